The Morgan fingerprint density at radius 2 is 1.70 bits per heavy atom. The van der Waals surface area contributed by atoms with Gasteiger partial charge in [0.1, 0.15) is 17.3 Å². The molecule has 8 heteroatoms. The molecule has 0 saturated heterocycles. The highest BCUT2D eigenvalue weighted by Gasteiger charge is 2.16. The van der Waals surface area contributed by atoms with E-state index in [2.05, 4.69) is 51.3 Å². The van der Waals surface area contributed by atoms with Crippen molar-refractivity contribution in [3.63, 3.8) is 0 Å². The maximum absolute atomic E-state index is 12.5. The highest BCUT2D eigenvalue weighted by atomic mass is 32.2. The molecule has 1 aromatic heterocycles. The molecule has 0 fully saturated rings. The fourth-order valence-electron chi connectivity index (χ4n) is 3.95. The van der Waals surface area contributed by atoms with Crippen molar-refractivity contribution >= 4 is 17.7 Å². The number of nitrogens with zero attached hydrogens (tertiary/aromatic N) is 3. The van der Waals surface area contributed by atoms with E-state index in [0.29, 0.717) is 25.8 Å². The third kappa shape index (κ3) is 7.36. The molecule has 0 unspecified atom stereocenters. The van der Waals surface area contributed by atoms with Gasteiger partial charge in [-0.3, -0.25) is 9.36 Å². The first-order valence-electron chi connectivity index (χ1n) is 12.2. The second-order valence-corrected chi connectivity index (χ2v) is 9.63. The van der Waals surface area contributed by atoms with E-state index in [1.165, 1.54) is 11.1 Å². The summed E-state index contributed by atoms with van der Waals surface area (Å²) >= 11 is 1.65. The summed E-state index contributed by atoms with van der Waals surface area (Å²) in [5, 5.41) is 12.8. The van der Waals surface area contributed by atoms with E-state index in [0.717, 1.165) is 39.5 Å². The first kappa shape index (κ1) is 26.3. The van der Waals surface area contributed by atoms with E-state index in [1.54, 1.807) is 26.0 Å². The van der Waals surface area contributed by atoms with Crippen molar-refractivity contribution in [3.05, 3.63) is 95.3 Å². The lowest BCUT2D eigenvalue weighted by Gasteiger charge is -2.12. The molecule has 0 aliphatic rings. The highest BCUT2D eigenvalue weighted by molar-refractivity contribution is 7.98. The second kappa shape index (κ2) is 13.0. The van der Waals surface area contributed by atoms with Crippen LogP contribution >= 0.6 is 11.8 Å². The summed E-state index contributed by atoms with van der Waals surface area (Å²) in [5.41, 5.74) is 4.44. The number of carbonyl (C=O) groups is 1. The topological polar surface area (TPSA) is 78.3 Å². The van der Waals surface area contributed by atoms with Gasteiger partial charge in [-0.1, -0.05) is 59.8 Å². The van der Waals surface area contributed by atoms with E-state index in [4.69, 9.17) is 9.47 Å². The van der Waals surface area contributed by atoms with Crippen LogP contribution in [0.5, 0.6) is 11.5 Å². The Kier molecular flexibility index (Phi) is 9.21. The lowest BCUT2D eigenvalue weighted by molar-refractivity contribution is -0.121. The van der Waals surface area contributed by atoms with Crippen LogP contribution in [0.4, 0.5) is 0 Å². The van der Waals surface area contributed by atoms with Gasteiger partial charge in [0, 0.05) is 31.2 Å². The molecule has 3 aromatic carbocycles. The fourth-order valence-corrected chi connectivity index (χ4v) is 4.87. The molecule has 7 nitrogen and oxygen atoms in total. The molecule has 0 aliphatic heterocycles. The van der Waals surface area contributed by atoms with Crippen molar-refractivity contribution in [2.75, 3.05) is 14.2 Å². The van der Waals surface area contributed by atoms with Crippen LogP contribution in [0.25, 0.3) is 5.69 Å². The molecule has 4 aromatic rings. The lowest BCUT2D eigenvalue weighted by atomic mass is 10.2. The number of aromatic nitrogens is 3. The van der Waals surface area contributed by atoms with Crippen molar-refractivity contribution < 1.29 is 14.3 Å². The molecule has 1 N–H and O–H groups in total. The number of benzene rings is 3. The summed E-state index contributed by atoms with van der Waals surface area (Å²) in [7, 11) is 3.29. The van der Waals surface area contributed by atoms with Gasteiger partial charge in [-0.2, -0.15) is 0 Å². The third-order valence-electron chi connectivity index (χ3n) is 5.92. The molecule has 0 radical (unpaired) electrons. The number of thioether (sulfide) groups is 1. The first-order valence-corrected chi connectivity index (χ1v) is 13.2. The SMILES string of the molecule is COc1ccc(CNC(=O)CCCc2nnc(SCc3cccc(C)c3)n2-c2cccc(OC)c2)cc1. The molecule has 0 saturated carbocycles. The van der Waals surface area contributed by atoms with Gasteiger partial charge >= 0.3 is 0 Å². The Labute approximate surface area is 222 Å². The van der Waals surface area contributed by atoms with Crippen LogP contribution in [0.2, 0.25) is 0 Å². The van der Waals surface area contributed by atoms with Crippen LogP contribution in [0.15, 0.2) is 78.0 Å². The van der Waals surface area contributed by atoms with Crippen molar-refractivity contribution in [3.8, 4) is 17.2 Å². The quantitative estimate of drug-likeness (QED) is 0.250. The average Bonchev–Trinajstić information content (AvgIpc) is 3.33. The second-order valence-electron chi connectivity index (χ2n) is 8.69. The molecule has 1 amide bonds. The number of rotatable bonds is 12. The summed E-state index contributed by atoms with van der Waals surface area (Å²) in [6, 6.07) is 24.0. The maximum Gasteiger partial charge on any atom is 0.220 e. The third-order valence-corrected chi connectivity index (χ3v) is 6.92. The van der Waals surface area contributed by atoms with Crippen molar-refractivity contribution in [1.29, 1.82) is 0 Å². The Bertz CT molecular complexity index is 1320. The van der Waals surface area contributed by atoms with Gasteiger partial charge in [-0.15, -0.1) is 10.2 Å². The van der Waals surface area contributed by atoms with Crippen molar-refractivity contribution in [1.82, 2.24) is 20.1 Å². The number of hydrogen-bond donors (Lipinski definition) is 1. The van der Waals surface area contributed by atoms with Gasteiger partial charge in [0.05, 0.1) is 19.9 Å². The molecule has 4 rings (SSSR count). The summed E-state index contributed by atoms with van der Waals surface area (Å²) in [5.74, 6) is 3.19. The van der Waals surface area contributed by atoms with Gasteiger partial charge in [0.15, 0.2) is 5.16 Å². The zero-order valence-corrected chi connectivity index (χ0v) is 22.3. The number of methoxy groups -OCH3 is 2. The zero-order chi connectivity index (χ0) is 26.0. The largest absolute Gasteiger partial charge is 0.497 e. The summed E-state index contributed by atoms with van der Waals surface area (Å²) in [6.45, 7) is 2.58. The number of amides is 1. The van der Waals surface area contributed by atoms with Crippen LogP contribution in [0, 0.1) is 6.92 Å². The predicted molar refractivity (Wildman–Crippen MR) is 146 cm³/mol. The molecule has 0 spiro atoms. The van der Waals surface area contributed by atoms with Crippen LogP contribution in [-0.4, -0.2) is 34.9 Å². The van der Waals surface area contributed by atoms with Gasteiger partial charge in [0.2, 0.25) is 5.91 Å². The minimum absolute atomic E-state index is 0.0114. The Morgan fingerprint density at radius 1 is 0.919 bits per heavy atom. The molecular weight excluding hydrogens is 484 g/mol. The smallest absolute Gasteiger partial charge is 0.220 e. The molecule has 192 valence electrons. The minimum Gasteiger partial charge on any atom is -0.497 e. The van der Waals surface area contributed by atoms with E-state index in [9.17, 15) is 4.79 Å². The molecule has 37 heavy (non-hydrogen) atoms. The Hall–Kier alpha value is -3.78. The standard InChI is InChI=1S/C29H32N4O3S/c1-21-7-4-8-23(17-21)20-37-29-32-31-27(33(29)24-9-5-10-26(18-24)36-3)11-6-12-28(34)30-19-22-13-15-25(35-2)16-14-22/h4-5,7-10,13-18H,6,11-12,19-20H2,1-3H3,(H,30,34). The monoisotopic (exact) mass is 516 g/mol. The number of hydrogen-bond acceptors (Lipinski definition) is 6. The van der Waals surface area contributed by atoms with E-state index >= 15 is 0 Å². The number of ether oxygens (including phenoxy) is 2. The minimum atomic E-state index is 0.0114. The number of carbonyl (C=O) groups excluding carboxylic acids is 1. The zero-order valence-electron chi connectivity index (χ0n) is 21.4. The Morgan fingerprint density at radius 3 is 2.46 bits per heavy atom. The first-order chi connectivity index (χ1) is 18.1. The van der Waals surface area contributed by atoms with Gasteiger partial charge in [-0.25, -0.2) is 0 Å². The van der Waals surface area contributed by atoms with Gasteiger partial charge in [-0.05, 0) is 48.7 Å². The highest BCUT2D eigenvalue weighted by Crippen LogP contribution is 2.28. The predicted octanol–water partition coefficient (Wildman–Crippen LogP) is 5.52. The molecule has 0 bridgehead atoms. The number of aryl methyl sites for hydroxylation is 2. The lowest BCUT2D eigenvalue weighted by Crippen LogP contribution is -2.22. The van der Waals surface area contributed by atoms with Crippen molar-refractivity contribution in [2.24, 2.45) is 0 Å². The normalized spacial score (nSPS) is 10.8. The Balaban J connectivity index is 1.41. The van der Waals surface area contributed by atoms with Gasteiger partial charge in [0.25, 0.3) is 0 Å². The summed E-state index contributed by atoms with van der Waals surface area (Å²) in [6.07, 6.45) is 1.71. The molecule has 1 heterocycles. The number of nitrogens with one attached hydrogen (secondary N) is 1. The van der Waals surface area contributed by atoms with E-state index in [-0.39, 0.29) is 5.91 Å². The van der Waals surface area contributed by atoms with Crippen LogP contribution in [-0.2, 0) is 23.5 Å². The van der Waals surface area contributed by atoms with E-state index in [1.807, 2.05) is 48.5 Å². The maximum atomic E-state index is 12.5. The van der Waals surface area contributed by atoms with Crippen LogP contribution in [0.1, 0.15) is 35.4 Å². The molecular formula is C29H32N4O3S. The van der Waals surface area contributed by atoms with Crippen LogP contribution < -0.4 is 14.8 Å². The van der Waals surface area contributed by atoms with E-state index < -0.39 is 0 Å². The van der Waals surface area contributed by atoms with Gasteiger partial charge < -0.3 is 14.8 Å². The summed E-state index contributed by atoms with van der Waals surface area (Å²) < 4.78 is 12.7. The molecule has 0 atom stereocenters. The fraction of sp³-hybridized carbons (Fsp3) is 0.276. The van der Waals surface area contributed by atoms with Crippen LogP contribution in [0.3, 0.4) is 0 Å². The average molecular weight is 517 g/mol. The summed E-state index contributed by atoms with van der Waals surface area (Å²) in [4.78, 5) is 12.5. The van der Waals surface area contributed by atoms with Crippen molar-refractivity contribution in [2.45, 2.75) is 43.6 Å². The molecule has 0 aliphatic carbocycles.